The molecule has 1 rings (SSSR count). The second-order valence-corrected chi connectivity index (χ2v) is 5.45. The van der Waals surface area contributed by atoms with Gasteiger partial charge in [0.1, 0.15) is 0 Å². The predicted molar refractivity (Wildman–Crippen MR) is 83.4 cm³/mol. The van der Waals surface area contributed by atoms with Crippen LogP contribution in [0.3, 0.4) is 0 Å². The highest BCUT2D eigenvalue weighted by Gasteiger charge is 2.17. The van der Waals surface area contributed by atoms with Crippen LogP contribution < -0.4 is 5.32 Å². The third-order valence-electron chi connectivity index (χ3n) is 3.05. The molecule has 1 unspecified atom stereocenters. The molecule has 0 fully saturated rings. The van der Waals surface area contributed by atoms with Crippen molar-refractivity contribution in [3.05, 3.63) is 34.9 Å². The summed E-state index contributed by atoms with van der Waals surface area (Å²) in [4.78, 5) is 23.1. The third kappa shape index (κ3) is 5.85. The molecular formula is C15H20BrNO4. The predicted octanol–water partition coefficient (Wildman–Crippen LogP) is 2.45. The van der Waals surface area contributed by atoms with Gasteiger partial charge in [-0.15, -0.1) is 0 Å². The molecule has 1 atom stereocenters. The number of carbonyl (C=O) groups is 2. The van der Waals surface area contributed by atoms with Gasteiger partial charge in [-0.05, 0) is 29.7 Å². The van der Waals surface area contributed by atoms with Gasteiger partial charge in [0, 0.05) is 16.9 Å². The van der Waals surface area contributed by atoms with Crippen molar-refractivity contribution in [2.24, 2.45) is 0 Å². The number of carbonyl (C=O) groups excluding carboxylic acids is 1. The number of rotatable bonds is 8. The van der Waals surface area contributed by atoms with Gasteiger partial charge in [0.25, 0.3) is 5.91 Å². The van der Waals surface area contributed by atoms with Crippen LogP contribution in [0.15, 0.2) is 18.2 Å². The van der Waals surface area contributed by atoms with Gasteiger partial charge in [-0.25, -0.2) is 0 Å². The van der Waals surface area contributed by atoms with Crippen LogP contribution >= 0.6 is 15.9 Å². The van der Waals surface area contributed by atoms with Gasteiger partial charge >= 0.3 is 5.97 Å². The van der Waals surface area contributed by atoms with Crippen LogP contribution in [-0.4, -0.2) is 28.1 Å². The summed E-state index contributed by atoms with van der Waals surface area (Å²) >= 11 is 3.32. The molecule has 0 saturated heterocycles. The van der Waals surface area contributed by atoms with E-state index in [0.717, 1.165) is 12.0 Å². The normalized spacial score (nSPS) is 12.0. The molecule has 1 aromatic rings. The highest BCUT2D eigenvalue weighted by atomic mass is 79.9. The highest BCUT2D eigenvalue weighted by Crippen LogP contribution is 2.14. The molecule has 0 spiro atoms. The van der Waals surface area contributed by atoms with Crippen molar-refractivity contribution in [3.63, 3.8) is 0 Å². The van der Waals surface area contributed by atoms with Gasteiger partial charge < -0.3 is 15.5 Å². The van der Waals surface area contributed by atoms with E-state index in [0.29, 0.717) is 22.9 Å². The van der Waals surface area contributed by atoms with E-state index in [-0.39, 0.29) is 25.0 Å². The first-order valence-corrected chi connectivity index (χ1v) is 7.94. The Kier molecular flexibility index (Phi) is 7.39. The lowest BCUT2D eigenvalue weighted by Crippen LogP contribution is -2.36. The zero-order valence-corrected chi connectivity index (χ0v) is 13.5. The molecule has 0 bridgehead atoms. The second kappa shape index (κ2) is 8.79. The molecule has 0 saturated carbocycles. The maximum Gasteiger partial charge on any atom is 0.305 e. The standard InChI is InChI=1S/C15H20BrNO4/c1-2-3-13(7-14(19)20)17-15(21)12-5-10(8-16)4-11(6-12)9-18/h4-6,13,18H,2-3,7-9H2,1H3,(H,17,21)(H,19,20). The molecule has 1 aromatic carbocycles. The quantitative estimate of drug-likeness (QED) is 0.623. The first kappa shape index (κ1) is 17.7. The van der Waals surface area contributed by atoms with E-state index >= 15 is 0 Å². The number of halogens is 1. The Bertz CT molecular complexity index is 482. The maximum atomic E-state index is 12.2. The van der Waals surface area contributed by atoms with Crippen LogP contribution in [0.4, 0.5) is 0 Å². The minimum absolute atomic E-state index is 0.0927. The molecule has 116 valence electrons. The number of aliphatic hydroxyl groups is 1. The summed E-state index contributed by atoms with van der Waals surface area (Å²) < 4.78 is 0. The Hall–Kier alpha value is -1.40. The van der Waals surface area contributed by atoms with Gasteiger partial charge in [-0.2, -0.15) is 0 Å². The molecule has 5 nitrogen and oxygen atoms in total. The van der Waals surface area contributed by atoms with E-state index in [2.05, 4.69) is 21.2 Å². The number of carboxylic acids is 1. The van der Waals surface area contributed by atoms with Crippen LogP contribution in [0.5, 0.6) is 0 Å². The second-order valence-electron chi connectivity index (χ2n) is 4.89. The van der Waals surface area contributed by atoms with Crippen molar-refractivity contribution in [2.45, 2.75) is 44.2 Å². The summed E-state index contributed by atoms with van der Waals surface area (Å²) in [6.45, 7) is 1.80. The molecule has 6 heteroatoms. The first-order valence-electron chi connectivity index (χ1n) is 6.82. The minimum Gasteiger partial charge on any atom is -0.481 e. The smallest absolute Gasteiger partial charge is 0.305 e. The Labute approximate surface area is 132 Å². The molecule has 0 aromatic heterocycles. The summed E-state index contributed by atoms with van der Waals surface area (Å²) in [5.41, 5.74) is 1.97. The number of aliphatic hydroxyl groups excluding tert-OH is 1. The topological polar surface area (TPSA) is 86.6 Å². The van der Waals surface area contributed by atoms with E-state index in [1.54, 1.807) is 12.1 Å². The van der Waals surface area contributed by atoms with Gasteiger partial charge in [0.2, 0.25) is 0 Å². The number of amides is 1. The minimum atomic E-state index is -0.931. The van der Waals surface area contributed by atoms with E-state index in [9.17, 15) is 14.7 Å². The average Bonchev–Trinajstić information content (AvgIpc) is 2.46. The molecule has 0 aliphatic heterocycles. The highest BCUT2D eigenvalue weighted by molar-refractivity contribution is 9.08. The number of nitrogens with one attached hydrogen (secondary N) is 1. The largest absolute Gasteiger partial charge is 0.481 e. The fourth-order valence-electron chi connectivity index (χ4n) is 2.12. The average molecular weight is 358 g/mol. The first-order chi connectivity index (χ1) is 9.99. The Balaban J connectivity index is 2.88. The number of alkyl halides is 1. The molecule has 0 aliphatic carbocycles. The Morgan fingerprint density at radius 1 is 1.29 bits per heavy atom. The lowest BCUT2D eigenvalue weighted by Gasteiger charge is -2.16. The van der Waals surface area contributed by atoms with Crippen LogP contribution in [0.1, 0.15) is 47.7 Å². The fourth-order valence-corrected chi connectivity index (χ4v) is 2.44. The zero-order chi connectivity index (χ0) is 15.8. The summed E-state index contributed by atoms with van der Waals surface area (Å²) in [7, 11) is 0. The molecule has 21 heavy (non-hydrogen) atoms. The summed E-state index contributed by atoms with van der Waals surface area (Å²) in [6.07, 6.45) is 1.31. The van der Waals surface area contributed by atoms with Crippen molar-refractivity contribution < 1.29 is 19.8 Å². The van der Waals surface area contributed by atoms with Crippen LogP contribution in [0.2, 0.25) is 0 Å². The van der Waals surface area contributed by atoms with Crippen LogP contribution in [0.25, 0.3) is 0 Å². The summed E-state index contributed by atoms with van der Waals surface area (Å²) in [5.74, 6) is -1.24. The van der Waals surface area contributed by atoms with Crippen molar-refractivity contribution in [3.8, 4) is 0 Å². The van der Waals surface area contributed by atoms with Gasteiger partial charge in [0.05, 0.1) is 13.0 Å². The fraction of sp³-hybridized carbons (Fsp3) is 0.467. The Morgan fingerprint density at radius 2 is 1.95 bits per heavy atom. The molecule has 1 amide bonds. The van der Waals surface area contributed by atoms with E-state index < -0.39 is 5.97 Å². The number of hydrogen-bond donors (Lipinski definition) is 3. The number of carboxylic acid groups (broad SMARTS) is 1. The van der Waals surface area contributed by atoms with E-state index in [4.69, 9.17) is 5.11 Å². The molecule has 0 aliphatic rings. The Morgan fingerprint density at radius 3 is 2.48 bits per heavy atom. The van der Waals surface area contributed by atoms with E-state index in [1.807, 2.05) is 13.0 Å². The summed E-state index contributed by atoms with van der Waals surface area (Å²) in [6, 6.07) is 4.77. The van der Waals surface area contributed by atoms with Crippen molar-refractivity contribution in [1.29, 1.82) is 0 Å². The number of aliphatic carboxylic acids is 1. The van der Waals surface area contributed by atoms with Crippen molar-refractivity contribution >= 4 is 27.8 Å². The molecular weight excluding hydrogens is 338 g/mol. The lowest BCUT2D eigenvalue weighted by atomic mass is 10.0. The van der Waals surface area contributed by atoms with Gasteiger partial charge in [-0.1, -0.05) is 35.3 Å². The lowest BCUT2D eigenvalue weighted by molar-refractivity contribution is -0.137. The van der Waals surface area contributed by atoms with Crippen molar-refractivity contribution in [1.82, 2.24) is 5.32 Å². The van der Waals surface area contributed by atoms with Gasteiger partial charge in [0.15, 0.2) is 0 Å². The molecule has 3 N–H and O–H groups in total. The van der Waals surface area contributed by atoms with Crippen molar-refractivity contribution in [2.75, 3.05) is 0 Å². The number of hydrogen-bond acceptors (Lipinski definition) is 3. The maximum absolute atomic E-state index is 12.2. The SMILES string of the molecule is CCCC(CC(=O)O)NC(=O)c1cc(CO)cc(CBr)c1. The zero-order valence-electron chi connectivity index (χ0n) is 11.9. The molecule has 0 heterocycles. The third-order valence-corrected chi connectivity index (χ3v) is 3.69. The van der Waals surface area contributed by atoms with Crippen LogP contribution in [0, 0.1) is 0 Å². The van der Waals surface area contributed by atoms with Gasteiger partial charge in [-0.3, -0.25) is 9.59 Å². The summed E-state index contributed by atoms with van der Waals surface area (Å²) in [5, 5.41) is 21.4. The van der Waals surface area contributed by atoms with Crippen LogP contribution in [-0.2, 0) is 16.7 Å². The number of benzene rings is 1. The monoisotopic (exact) mass is 357 g/mol. The van der Waals surface area contributed by atoms with E-state index in [1.165, 1.54) is 0 Å². The molecule has 0 radical (unpaired) electrons.